The first-order valence-corrected chi connectivity index (χ1v) is 11.2. The third-order valence-corrected chi connectivity index (χ3v) is 6.61. The quantitative estimate of drug-likeness (QED) is 0.586. The molecule has 0 radical (unpaired) electrons. The van der Waals surface area contributed by atoms with E-state index in [1.807, 2.05) is 61.5 Å². The van der Waals surface area contributed by atoms with Crippen molar-refractivity contribution in [3.05, 3.63) is 76.3 Å². The maximum atomic E-state index is 12.6. The van der Waals surface area contributed by atoms with Gasteiger partial charge in [-0.25, -0.2) is 4.98 Å². The highest BCUT2D eigenvalue weighted by atomic mass is 32.1. The predicted molar refractivity (Wildman–Crippen MR) is 123 cm³/mol. The highest BCUT2D eigenvalue weighted by Gasteiger charge is 2.34. The summed E-state index contributed by atoms with van der Waals surface area (Å²) in [5.41, 5.74) is 8.65. The smallest absolute Gasteiger partial charge is 0.281 e. The van der Waals surface area contributed by atoms with Crippen molar-refractivity contribution in [1.29, 1.82) is 0 Å². The molecule has 4 rings (SSSR count). The molecular weight excluding hydrogens is 424 g/mol. The normalized spacial score (nSPS) is 15.6. The van der Waals surface area contributed by atoms with Crippen LogP contribution in [0.5, 0.6) is 0 Å². The van der Waals surface area contributed by atoms with Gasteiger partial charge in [-0.15, -0.1) is 11.3 Å². The molecule has 8 heteroatoms. The Morgan fingerprint density at radius 2 is 1.78 bits per heavy atom. The number of aryl methyl sites for hydroxylation is 2. The van der Waals surface area contributed by atoms with Crippen molar-refractivity contribution in [2.75, 3.05) is 6.54 Å². The van der Waals surface area contributed by atoms with Crippen LogP contribution in [0.15, 0.2) is 54.6 Å². The van der Waals surface area contributed by atoms with E-state index >= 15 is 0 Å². The third kappa shape index (κ3) is 4.86. The minimum atomic E-state index is -0.504. The van der Waals surface area contributed by atoms with Crippen molar-refractivity contribution in [3.8, 4) is 10.6 Å². The van der Waals surface area contributed by atoms with E-state index in [2.05, 4.69) is 15.8 Å². The number of hydrogen-bond acceptors (Lipinski definition) is 5. The number of benzene rings is 2. The van der Waals surface area contributed by atoms with E-state index in [4.69, 9.17) is 0 Å². The number of hydrazine groups is 1. The van der Waals surface area contributed by atoms with E-state index < -0.39 is 11.8 Å². The molecule has 0 spiro atoms. The van der Waals surface area contributed by atoms with Crippen LogP contribution in [0.3, 0.4) is 0 Å². The summed E-state index contributed by atoms with van der Waals surface area (Å²) >= 11 is 1.27. The molecule has 2 N–H and O–H groups in total. The molecule has 7 nitrogen and oxygen atoms in total. The lowest BCUT2D eigenvalue weighted by molar-refractivity contribution is -0.129. The Labute approximate surface area is 190 Å². The van der Waals surface area contributed by atoms with Crippen LogP contribution < -0.4 is 10.9 Å². The van der Waals surface area contributed by atoms with Gasteiger partial charge >= 0.3 is 0 Å². The molecule has 1 unspecified atom stereocenters. The Bertz CT molecular complexity index is 1140. The van der Waals surface area contributed by atoms with Gasteiger partial charge in [0.15, 0.2) is 0 Å². The minimum absolute atomic E-state index is 0.0668. The van der Waals surface area contributed by atoms with Crippen molar-refractivity contribution in [2.45, 2.75) is 26.8 Å². The van der Waals surface area contributed by atoms with E-state index in [-0.39, 0.29) is 18.2 Å². The highest BCUT2D eigenvalue weighted by molar-refractivity contribution is 7.17. The summed E-state index contributed by atoms with van der Waals surface area (Å²) in [6.45, 7) is 4.57. The molecule has 1 aliphatic heterocycles. The van der Waals surface area contributed by atoms with Gasteiger partial charge in [-0.2, -0.15) is 0 Å². The summed E-state index contributed by atoms with van der Waals surface area (Å²) in [5, 5.41) is 0.743. The molecule has 164 valence electrons. The maximum absolute atomic E-state index is 12.6. The summed E-state index contributed by atoms with van der Waals surface area (Å²) in [5.74, 6) is -1.36. The Morgan fingerprint density at radius 3 is 2.50 bits per heavy atom. The van der Waals surface area contributed by atoms with Crippen molar-refractivity contribution in [3.63, 3.8) is 0 Å². The van der Waals surface area contributed by atoms with Gasteiger partial charge in [0.25, 0.3) is 5.91 Å². The fourth-order valence-electron chi connectivity index (χ4n) is 3.60. The number of amides is 3. The number of nitrogens with one attached hydrogen (secondary N) is 2. The number of nitrogens with zero attached hydrogens (tertiary/aromatic N) is 2. The predicted octanol–water partition coefficient (Wildman–Crippen LogP) is 3.24. The van der Waals surface area contributed by atoms with E-state index in [0.717, 1.165) is 21.7 Å². The average Bonchev–Trinajstić information content (AvgIpc) is 3.37. The van der Waals surface area contributed by atoms with Crippen LogP contribution in [0.4, 0.5) is 0 Å². The zero-order valence-corrected chi connectivity index (χ0v) is 18.7. The summed E-state index contributed by atoms with van der Waals surface area (Å²) < 4.78 is 0. The molecule has 1 aliphatic rings. The molecule has 1 saturated heterocycles. The van der Waals surface area contributed by atoms with Crippen LogP contribution in [0.2, 0.25) is 0 Å². The second-order valence-electron chi connectivity index (χ2n) is 7.90. The van der Waals surface area contributed by atoms with Gasteiger partial charge in [0, 0.05) is 25.1 Å². The Kier molecular flexibility index (Phi) is 6.32. The standard InChI is InChI=1S/C24H24N4O3S/c1-15-8-10-17(11-9-15)13-28-14-19(12-20(28)29)22(30)26-27-23(31)21-16(2)25-24(32-21)18-6-4-3-5-7-18/h3-11,19H,12-14H2,1-2H3,(H,26,30)(H,27,31). The number of thiazole rings is 1. The van der Waals surface area contributed by atoms with Gasteiger partial charge in [-0.1, -0.05) is 60.2 Å². The second-order valence-corrected chi connectivity index (χ2v) is 8.90. The van der Waals surface area contributed by atoms with Crippen LogP contribution in [0.1, 0.15) is 32.9 Å². The zero-order valence-electron chi connectivity index (χ0n) is 17.9. The molecule has 2 heterocycles. The lowest BCUT2D eigenvalue weighted by Gasteiger charge is -2.17. The Hall–Kier alpha value is -3.52. The fourth-order valence-corrected chi connectivity index (χ4v) is 4.57. The summed E-state index contributed by atoms with van der Waals surface area (Å²) in [6, 6.07) is 17.6. The molecule has 1 aromatic heterocycles. The number of carbonyl (C=O) groups excluding carboxylic acids is 3. The average molecular weight is 449 g/mol. The van der Waals surface area contributed by atoms with Crippen molar-refractivity contribution in [2.24, 2.45) is 5.92 Å². The first-order chi connectivity index (χ1) is 15.4. The molecule has 2 aromatic carbocycles. The number of carbonyl (C=O) groups is 3. The lowest BCUT2D eigenvalue weighted by atomic mass is 10.1. The molecule has 1 fully saturated rings. The molecule has 3 amide bonds. The second kappa shape index (κ2) is 9.32. The number of hydrogen-bond donors (Lipinski definition) is 2. The molecule has 3 aromatic rings. The van der Waals surface area contributed by atoms with Gasteiger partial charge in [-0.3, -0.25) is 25.2 Å². The number of rotatable bonds is 5. The largest absolute Gasteiger partial charge is 0.338 e. The topological polar surface area (TPSA) is 91.4 Å². The van der Waals surface area contributed by atoms with Gasteiger partial charge in [-0.05, 0) is 19.4 Å². The Balaban J connectivity index is 1.33. The van der Waals surface area contributed by atoms with Crippen molar-refractivity contribution < 1.29 is 14.4 Å². The van der Waals surface area contributed by atoms with E-state index in [1.54, 1.807) is 11.8 Å². The Morgan fingerprint density at radius 1 is 1.06 bits per heavy atom. The van der Waals surface area contributed by atoms with Crippen molar-refractivity contribution in [1.82, 2.24) is 20.7 Å². The first-order valence-electron chi connectivity index (χ1n) is 10.4. The molecule has 0 aliphatic carbocycles. The SMILES string of the molecule is Cc1ccc(CN2CC(C(=O)NNC(=O)c3sc(-c4ccccc4)nc3C)CC2=O)cc1. The van der Waals surface area contributed by atoms with Gasteiger partial charge < -0.3 is 4.90 Å². The van der Waals surface area contributed by atoms with E-state index in [1.165, 1.54) is 11.3 Å². The summed E-state index contributed by atoms with van der Waals surface area (Å²) in [7, 11) is 0. The first kappa shape index (κ1) is 21.7. The maximum Gasteiger partial charge on any atom is 0.281 e. The van der Waals surface area contributed by atoms with Crippen LogP contribution >= 0.6 is 11.3 Å². The lowest BCUT2D eigenvalue weighted by Crippen LogP contribution is -2.45. The van der Waals surface area contributed by atoms with Crippen molar-refractivity contribution >= 4 is 29.1 Å². The van der Waals surface area contributed by atoms with Gasteiger partial charge in [0.1, 0.15) is 9.88 Å². The van der Waals surface area contributed by atoms with Crippen LogP contribution in [0, 0.1) is 19.8 Å². The summed E-state index contributed by atoms with van der Waals surface area (Å²) in [6.07, 6.45) is 0.130. The molecule has 0 bridgehead atoms. The molecule has 32 heavy (non-hydrogen) atoms. The highest BCUT2D eigenvalue weighted by Crippen LogP contribution is 2.27. The third-order valence-electron chi connectivity index (χ3n) is 5.40. The summed E-state index contributed by atoms with van der Waals surface area (Å²) in [4.78, 5) is 44.1. The van der Waals surface area contributed by atoms with Crippen LogP contribution in [0.25, 0.3) is 10.6 Å². The van der Waals surface area contributed by atoms with E-state index in [0.29, 0.717) is 23.7 Å². The fraction of sp³-hybridized carbons (Fsp3) is 0.250. The molecule has 0 saturated carbocycles. The monoisotopic (exact) mass is 448 g/mol. The van der Waals surface area contributed by atoms with E-state index in [9.17, 15) is 14.4 Å². The number of likely N-dealkylation sites (tertiary alicyclic amines) is 1. The van der Waals surface area contributed by atoms with Crippen LogP contribution in [-0.4, -0.2) is 34.2 Å². The number of aromatic nitrogens is 1. The molecular formula is C24H24N4O3S. The minimum Gasteiger partial charge on any atom is -0.338 e. The molecule has 1 atom stereocenters. The zero-order chi connectivity index (χ0) is 22.7. The van der Waals surface area contributed by atoms with Crippen LogP contribution in [-0.2, 0) is 16.1 Å². The van der Waals surface area contributed by atoms with Gasteiger partial charge in [0.05, 0.1) is 11.6 Å². The van der Waals surface area contributed by atoms with Gasteiger partial charge in [0.2, 0.25) is 11.8 Å².